The molecule has 1 N–H and O–H groups in total. The van der Waals surface area contributed by atoms with Crippen LogP contribution in [0.3, 0.4) is 0 Å². The summed E-state index contributed by atoms with van der Waals surface area (Å²) in [6.45, 7) is 0. The molecule has 1 aromatic rings. The van der Waals surface area contributed by atoms with Gasteiger partial charge < -0.3 is 4.98 Å². The largest absolute Gasteiger partial charge is 0.363 e. The van der Waals surface area contributed by atoms with Crippen LogP contribution in [0, 0.1) is 11.3 Å². The first kappa shape index (κ1) is 7.83. The van der Waals surface area contributed by atoms with Gasteiger partial charge in [-0.05, 0) is 0 Å². The Morgan fingerprint density at radius 3 is 3.09 bits per heavy atom. The van der Waals surface area contributed by atoms with Gasteiger partial charge in [0.15, 0.2) is 5.43 Å². The van der Waals surface area contributed by atoms with Gasteiger partial charge in [0.05, 0.1) is 18.2 Å². The van der Waals surface area contributed by atoms with E-state index in [1.807, 2.05) is 6.07 Å². The number of pyridine rings is 1. The van der Waals surface area contributed by atoms with E-state index in [2.05, 4.69) is 4.98 Å². The highest BCUT2D eigenvalue weighted by molar-refractivity contribution is 6.31. The molecule has 56 valence electrons. The lowest BCUT2D eigenvalue weighted by Crippen LogP contribution is -2.04. The predicted octanol–water partition coefficient (Wildman–Crippen LogP) is 1.09. The van der Waals surface area contributed by atoms with Crippen molar-refractivity contribution in [1.82, 2.24) is 4.98 Å². The second-order valence-corrected chi connectivity index (χ2v) is 2.35. The van der Waals surface area contributed by atoms with Crippen LogP contribution in [-0.2, 0) is 6.42 Å². The first-order valence-electron chi connectivity index (χ1n) is 2.98. The molecule has 0 saturated carbocycles. The standard InChI is InChI=1S/C7H5ClN2O/c8-7-5(1-3-9)10-4-2-6(7)11/h2,4H,1H2,(H,10,11). The molecule has 1 heterocycles. The SMILES string of the molecule is N#CCc1[nH]ccc(=O)c1Cl. The molecule has 0 unspecified atom stereocenters. The monoisotopic (exact) mass is 168 g/mol. The Kier molecular flexibility index (Phi) is 2.29. The molecule has 11 heavy (non-hydrogen) atoms. The second-order valence-electron chi connectivity index (χ2n) is 1.97. The van der Waals surface area contributed by atoms with Crippen molar-refractivity contribution in [2.24, 2.45) is 0 Å². The lowest BCUT2D eigenvalue weighted by Gasteiger charge is -1.95. The van der Waals surface area contributed by atoms with Crippen LogP contribution < -0.4 is 5.43 Å². The van der Waals surface area contributed by atoms with Crippen molar-refractivity contribution in [2.75, 3.05) is 0 Å². The van der Waals surface area contributed by atoms with E-state index in [1.54, 1.807) is 0 Å². The van der Waals surface area contributed by atoms with Gasteiger partial charge in [-0.15, -0.1) is 0 Å². The zero-order valence-electron chi connectivity index (χ0n) is 5.60. The highest BCUT2D eigenvalue weighted by Gasteiger charge is 2.01. The zero-order chi connectivity index (χ0) is 8.27. The molecular weight excluding hydrogens is 164 g/mol. The Labute approximate surface area is 68.2 Å². The highest BCUT2D eigenvalue weighted by atomic mass is 35.5. The molecule has 0 fully saturated rings. The summed E-state index contributed by atoms with van der Waals surface area (Å²) in [4.78, 5) is 13.6. The molecule has 1 aromatic heterocycles. The van der Waals surface area contributed by atoms with Gasteiger partial charge >= 0.3 is 0 Å². The molecule has 3 nitrogen and oxygen atoms in total. The number of nitrogens with zero attached hydrogens (tertiary/aromatic N) is 1. The smallest absolute Gasteiger partial charge is 0.200 e. The van der Waals surface area contributed by atoms with E-state index in [9.17, 15) is 4.79 Å². The maximum atomic E-state index is 10.9. The number of rotatable bonds is 1. The van der Waals surface area contributed by atoms with Crippen molar-refractivity contribution >= 4 is 11.6 Å². The van der Waals surface area contributed by atoms with E-state index >= 15 is 0 Å². The zero-order valence-corrected chi connectivity index (χ0v) is 6.35. The van der Waals surface area contributed by atoms with E-state index in [-0.39, 0.29) is 16.9 Å². The van der Waals surface area contributed by atoms with E-state index in [0.717, 1.165) is 0 Å². The Morgan fingerprint density at radius 2 is 2.45 bits per heavy atom. The van der Waals surface area contributed by atoms with Gasteiger partial charge in [-0.2, -0.15) is 5.26 Å². The maximum absolute atomic E-state index is 10.9. The summed E-state index contributed by atoms with van der Waals surface area (Å²) in [5.41, 5.74) is 0.220. The summed E-state index contributed by atoms with van der Waals surface area (Å²) in [5, 5.41) is 8.41. The van der Waals surface area contributed by atoms with Gasteiger partial charge in [0, 0.05) is 12.3 Å². The normalized spacial score (nSPS) is 9.09. The summed E-state index contributed by atoms with van der Waals surface area (Å²) < 4.78 is 0. The first-order valence-corrected chi connectivity index (χ1v) is 3.36. The molecule has 0 aliphatic rings. The molecule has 0 saturated heterocycles. The first-order chi connectivity index (χ1) is 5.25. The fourth-order valence-corrected chi connectivity index (χ4v) is 0.895. The van der Waals surface area contributed by atoms with Gasteiger partial charge in [0.25, 0.3) is 0 Å². The number of aromatic amines is 1. The Hall–Kier alpha value is -1.27. The van der Waals surface area contributed by atoms with Gasteiger partial charge in [0.2, 0.25) is 0 Å². The lowest BCUT2D eigenvalue weighted by molar-refractivity contribution is 1.10. The average Bonchev–Trinajstić information content (AvgIpc) is 1.99. The van der Waals surface area contributed by atoms with E-state index < -0.39 is 0 Å². The summed E-state index contributed by atoms with van der Waals surface area (Å²) >= 11 is 5.58. The summed E-state index contributed by atoms with van der Waals surface area (Å²) in [5.74, 6) is 0. The summed E-state index contributed by atoms with van der Waals surface area (Å²) in [6, 6.07) is 3.22. The molecule has 0 aliphatic carbocycles. The van der Waals surface area contributed by atoms with Crippen molar-refractivity contribution < 1.29 is 0 Å². The maximum Gasteiger partial charge on any atom is 0.200 e. The fraction of sp³-hybridized carbons (Fsp3) is 0.143. The van der Waals surface area contributed by atoms with Crippen molar-refractivity contribution in [3.8, 4) is 6.07 Å². The van der Waals surface area contributed by atoms with E-state index in [0.29, 0.717) is 5.69 Å². The second kappa shape index (κ2) is 3.22. The predicted molar refractivity (Wildman–Crippen MR) is 41.4 cm³/mol. The highest BCUT2D eigenvalue weighted by Crippen LogP contribution is 2.06. The minimum Gasteiger partial charge on any atom is -0.363 e. The molecule has 1 rings (SSSR count). The molecule has 0 bridgehead atoms. The number of H-pyrrole nitrogens is 1. The van der Waals surface area contributed by atoms with Gasteiger partial charge in [-0.3, -0.25) is 4.79 Å². The van der Waals surface area contributed by atoms with Crippen LogP contribution in [0.5, 0.6) is 0 Å². The fourth-order valence-electron chi connectivity index (χ4n) is 0.711. The molecule has 0 aliphatic heterocycles. The van der Waals surface area contributed by atoms with E-state index in [4.69, 9.17) is 16.9 Å². The Balaban J connectivity index is 3.19. The number of aromatic nitrogens is 1. The minimum atomic E-state index is -0.254. The summed E-state index contributed by atoms with van der Waals surface area (Å²) in [7, 11) is 0. The molecule has 0 atom stereocenters. The minimum absolute atomic E-state index is 0.106. The molecule has 0 amide bonds. The average molecular weight is 169 g/mol. The number of halogens is 1. The molecular formula is C7H5ClN2O. The quantitative estimate of drug-likeness (QED) is 0.683. The van der Waals surface area contributed by atoms with Crippen molar-refractivity contribution in [3.63, 3.8) is 0 Å². The van der Waals surface area contributed by atoms with Crippen molar-refractivity contribution in [2.45, 2.75) is 6.42 Å². The molecule has 0 aromatic carbocycles. The van der Waals surface area contributed by atoms with Gasteiger partial charge in [-0.25, -0.2) is 0 Å². The number of hydrogen-bond acceptors (Lipinski definition) is 2. The molecule has 4 heteroatoms. The third-order valence-electron chi connectivity index (χ3n) is 1.23. The van der Waals surface area contributed by atoms with Gasteiger partial charge in [-0.1, -0.05) is 11.6 Å². The van der Waals surface area contributed by atoms with Crippen LogP contribution in [0.25, 0.3) is 0 Å². The van der Waals surface area contributed by atoms with Gasteiger partial charge in [0.1, 0.15) is 5.02 Å². The lowest BCUT2D eigenvalue weighted by atomic mass is 10.3. The topological polar surface area (TPSA) is 56.6 Å². The van der Waals surface area contributed by atoms with Crippen molar-refractivity contribution in [3.05, 3.63) is 33.2 Å². The van der Waals surface area contributed by atoms with Crippen LogP contribution >= 0.6 is 11.6 Å². The Morgan fingerprint density at radius 1 is 1.73 bits per heavy atom. The summed E-state index contributed by atoms with van der Waals surface area (Å²) in [6.07, 6.45) is 1.61. The van der Waals surface area contributed by atoms with Crippen molar-refractivity contribution in [1.29, 1.82) is 5.26 Å². The van der Waals surface area contributed by atoms with Crippen LogP contribution in [0.2, 0.25) is 5.02 Å². The number of nitriles is 1. The molecule has 0 spiro atoms. The van der Waals surface area contributed by atoms with E-state index in [1.165, 1.54) is 12.3 Å². The third-order valence-corrected chi connectivity index (χ3v) is 1.64. The van der Waals surface area contributed by atoms with Crippen LogP contribution in [0.15, 0.2) is 17.1 Å². The number of nitrogens with one attached hydrogen (secondary N) is 1. The Bertz CT molecular complexity index is 350. The molecule has 0 radical (unpaired) electrons. The van der Waals surface area contributed by atoms with Crippen LogP contribution in [0.4, 0.5) is 0 Å². The number of hydrogen-bond donors (Lipinski definition) is 1. The van der Waals surface area contributed by atoms with Crippen LogP contribution in [-0.4, -0.2) is 4.98 Å². The van der Waals surface area contributed by atoms with Crippen LogP contribution in [0.1, 0.15) is 5.69 Å². The third kappa shape index (κ3) is 1.60.